The van der Waals surface area contributed by atoms with Crippen LogP contribution in [0.15, 0.2) is 36.5 Å². The van der Waals surface area contributed by atoms with Crippen molar-refractivity contribution in [3.63, 3.8) is 0 Å². The number of carbonyl (C=O) groups excluding carboxylic acids is 2. The molecule has 0 saturated heterocycles. The minimum absolute atomic E-state index is 0.0498. The molecule has 0 unspecified atom stereocenters. The van der Waals surface area contributed by atoms with Crippen LogP contribution in [0.1, 0.15) is 43.7 Å². The zero-order chi connectivity index (χ0) is 18.6. The highest BCUT2D eigenvalue weighted by molar-refractivity contribution is 5.92. The van der Waals surface area contributed by atoms with Gasteiger partial charge < -0.3 is 9.64 Å². The molecule has 2 rings (SSSR count). The third-order valence-electron chi connectivity index (χ3n) is 3.96. The van der Waals surface area contributed by atoms with E-state index >= 15 is 0 Å². The molecule has 1 amide bonds. The molecule has 2 aromatic rings. The van der Waals surface area contributed by atoms with Crippen LogP contribution in [0, 0.1) is 6.92 Å². The fourth-order valence-corrected chi connectivity index (χ4v) is 2.89. The Bertz CT molecular complexity index is 728. The average Bonchev–Trinajstić information content (AvgIpc) is 2.94. The molecular formula is C19H25N3O3. The zero-order valence-corrected chi connectivity index (χ0v) is 15.4. The van der Waals surface area contributed by atoms with E-state index in [4.69, 9.17) is 4.74 Å². The number of hydrogen-bond acceptors (Lipinski definition) is 4. The van der Waals surface area contributed by atoms with Crippen LogP contribution < -0.4 is 0 Å². The number of ether oxygens (including phenoxy) is 1. The molecule has 0 aliphatic heterocycles. The Kier molecular flexibility index (Phi) is 5.96. The van der Waals surface area contributed by atoms with Gasteiger partial charge in [0.05, 0.1) is 17.6 Å². The van der Waals surface area contributed by atoms with Gasteiger partial charge in [0.25, 0.3) is 5.91 Å². The van der Waals surface area contributed by atoms with E-state index in [1.165, 1.54) is 6.20 Å². The van der Waals surface area contributed by atoms with Gasteiger partial charge in [0.1, 0.15) is 5.56 Å². The quantitative estimate of drug-likeness (QED) is 0.757. The molecular weight excluding hydrogens is 318 g/mol. The zero-order valence-electron chi connectivity index (χ0n) is 15.4. The first kappa shape index (κ1) is 18.7. The largest absolute Gasteiger partial charge is 0.452 e. The molecule has 0 saturated carbocycles. The maximum absolute atomic E-state index is 12.3. The molecule has 0 aliphatic rings. The van der Waals surface area contributed by atoms with Crippen molar-refractivity contribution >= 4 is 11.9 Å². The molecule has 0 radical (unpaired) electrons. The SMILES string of the molecule is Cc1c(C(=O)OCC(=O)N(C(C)C)C(C)C)cnn1-c1ccccc1. The number of nitrogens with zero attached hydrogens (tertiary/aromatic N) is 3. The highest BCUT2D eigenvalue weighted by atomic mass is 16.5. The summed E-state index contributed by atoms with van der Waals surface area (Å²) in [6.07, 6.45) is 1.47. The summed E-state index contributed by atoms with van der Waals surface area (Å²) in [5.74, 6) is -0.744. The lowest BCUT2D eigenvalue weighted by atomic mass is 10.2. The van der Waals surface area contributed by atoms with E-state index in [0.717, 1.165) is 5.69 Å². The van der Waals surface area contributed by atoms with Crippen molar-refractivity contribution in [3.8, 4) is 5.69 Å². The first-order valence-electron chi connectivity index (χ1n) is 8.41. The summed E-state index contributed by atoms with van der Waals surface area (Å²) in [6, 6.07) is 9.63. The smallest absolute Gasteiger partial charge is 0.342 e. The number of esters is 1. The van der Waals surface area contributed by atoms with Crippen LogP contribution in [-0.2, 0) is 9.53 Å². The summed E-state index contributed by atoms with van der Waals surface area (Å²) in [5, 5.41) is 4.25. The second kappa shape index (κ2) is 7.96. The van der Waals surface area contributed by atoms with E-state index in [0.29, 0.717) is 11.3 Å². The van der Waals surface area contributed by atoms with Gasteiger partial charge in [-0.05, 0) is 46.8 Å². The van der Waals surface area contributed by atoms with Gasteiger partial charge in [-0.1, -0.05) is 18.2 Å². The molecule has 0 N–H and O–H groups in total. The minimum Gasteiger partial charge on any atom is -0.452 e. The average molecular weight is 343 g/mol. The van der Waals surface area contributed by atoms with Crippen molar-refractivity contribution in [2.24, 2.45) is 0 Å². The van der Waals surface area contributed by atoms with Crippen LogP contribution in [0.25, 0.3) is 5.69 Å². The molecule has 6 nitrogen and oxygen atoms in total. The molecule has 1 heterocycles. The second-order valence-electron chi connectivity index (χ2n) is 6.46. The Balaban J connectivity index is 2.07. The number of rotatable bonds is 6. The van der Waals surface area contributed by atoms with Crippen molar-refractivity contribution in [2.75, 3.05) is 6.61 Å². The fourth-order valence-electron chi connectivity index (χ4n) is 2.89. The number of benzene rings is 1. The molecule has 25 heavy (non-hydrogen) atoms. The maximum Gasteiger partial charge on any atom is 0.342 e. The van der Waals surface area contributed by atoms with E-state index < -0.39 is 5.97 Å². The molecule has 134 valence electrons. The minimum atomic E-state index is -0.541. The molecule has 1 aromatic heterocycles. The van der Waals surface area contributed by atoms with Crippen molar-refractivity contribution in [1.82, 2.24) is 14.7 Å². The summed E-state index contributed by atoms with van der Waals surface area (Å²) < 4.78 is 6.89. The van der Waals surface area contributed by atoms with Crippen molar-refractivity contribution < 1.29 is 14.3 Å². The molecule has 6 heteroatoms. The van der Waals surface area contributed by atoms with Gasteiger partial charge in [0, 0.05) is 12.1 Å². The summed E-state index contributed by atoms with van der Waals surface area (Å²) in [5.41, 5.74) is 1.89. The third-order valence-corrected chi connectivity index (χ3v) is 3.96. The van der Waals surface area contributed by atoms with Gasteiger partial charge in [-0.15, -0.1) is 0 Å². The Morgan fingerprint density at radius 2 is 1.72 bits per heavy atom. The van der Waals surface area contributed by atoms with Crippen LogP contribution in [0.4, 0.5) is 0 Å². The van der Waals surface area contributed by atoms with E-state index in [2.05, 4.69) is 5.10 Å². The van der Waals surface area contributed by atoms with E-state index in [1.54, 1.807) is 16.5 Å². The standard InChI is InChI=1S/C19H25N3O3/c1-13(2)21(14(3)4)18(23)12-25-19(24)17-11-20-22(15(17)5)16-9-7-6-8-10-16/h6-11,13-14H,12H2,1-5H3. The summed E-state index contributed by atoms with van der Waals surface area (Å²) in [6.45, 7) is 9.28. The van der Waals surface area contributed by atoms with Crippen molar-refractivity contribution in [3.05, 3.63) is 47.8 Å². The number of amides is 1. The van der Waals surface area contributed by atoms with Crippen molar-refractivity contribution in [1.29, 1.82) is 0 Å². The Labute approximate surface area is 148 Å². The van der Waals surface area contributed by atoms with Gasteiger partial charge in [-0.3, -0.25) is 4.79 Å². The van der Waals surface area contributed by atoms with Crippen LogP contribution >= 0.6 is 0 Å². The lowest BCUT2D eigenvalue weighted by Gasteiger charge is -2.30. The van der Waals surface area contributed by atoms with Crippen LogP contribution in [0.5, 0.6) is 0 Å². The number of aromatic nitrogens is 2. The molecule has 0 atom stereocenters. The van der Waals surface area contributed by atoms with Crippen LogP contribution in [0.3, 0.4) is 0 Å². The first-order chi connectivity index (χ1) is 11.8. The molecule has 0 aliphatic carbocycles. The monoisotopic (exact) mass is 343 g/mol. The third kappa shape index (κ3) is 4.26. The molecule has 0 bridgehead atoms. The maximum atomic E-state index is 12.3. The number of hydrogen-bond donors (Lipinski definition) is 0. The highest BCUT2D eigenvalue weighted by Gasteiger charge is 2.23. The Morgan fingerprint density at radius 1 is 1.12 bits per heavy atom. The Morgan fingerprint density at radius 3 is 2.28 bits per heavy atom. The predicted octanol–water partition coefficient (Wildman–Crippen LogP) is 2.98. The lowest BCUT2D eigenvalue weighted by molar-refractivity contribution is -0.138. The lowest BCUT2D eigenvalue weighted by Crippen LogP contribution is -2.44. The number of para-hydroxylation sites is 1. The van der Waals surface area contributed by atoms with Crippen LogP contribution in [-0.4, -0.2) is 45.2 Å². The van der Waals surface area contributed by atoms with E-state index in [1.807, 2.05) is 58.0 Å². The Hall–Kier alpha value is -2.63. The summed E-state index contributed by atoms with van der Waals surface area (Å²) in [7, 11) is 0. The number of carbonyl (C=O) groups is 2. The van der Waals surface area contributed by atoms with E-state index in [-0.39, 0.29) is 24.6 Å². The second-order valence-corrected chi connectivity index (χ2v) is 6.46. The van der Waals surface area contributed by atoms with E-state index in [9.17, 15) is 9.59 Å². The topological polar surface area (TPSA) is 64.4 Å². The van der Waals surface area contributed by atoms with Crippen LogP contribution in [0.2, 0.25) is 0 Å². The first-order valence-corrected chi connectivity index (χ1v) is 8.41. The van der Waals surface area contributed by atoms with Gasteiger partial charge in [-0.25, -0.2) is 9.48 Å². The van der Waals surface area contributed by atoms with Gasteiger partial charge >= 0.3 is 5.97 Å². The summed E-state index contributed by atoms with van der Waals surface area (Å²) >= 11 is 0. The molecule has 0 spiro atoms. The van der Waals surface area contributed by atoms with Gasteiger partial charge in [-0.2, -0.15) is 5.10 Å². The van der Waals surface area contributed by atoms with Gasteiger partial charge in [0.2, 0.25) is 0 Å². The van der Waals surface area contributed by atoms with Gasteiger partial charge in [0.15, 0.2) is 6.61 Å². The van der Waals surface area contributed by atoms with Crippen molar-refractivity contribution in [2.45, 2.75) is 46.7 Å². The molecule has 0 fully saturated rings. The fraction of sp³-hybridized carbons (Fsp3) is 0.421. The molecule has 1 aromatic carbocycles. The normalized spacial score (nSPS) is 11.0. The predicted molar refractivity (Wildman–Crippen MR) is 95.7 cm³/mol. The highest BCUT2D eigenvalue weighted by Crippen LogP contribution is 2.15. The summed E-state index contributed by atoms with van der Waals surface area (Å²) in [4.78, 5) is 26.3.